The summed E-state index contributed by atoms with van der Waals surface area (Å²) in [7, 11) is 1.69. The molecule has 0 spiro atoms. The molecule has 1 aromatic carbocycles. The first-order chi connectivity index (χ1) is 13.7. The SMILES string of the molecule is CNc1cc(F)c(N2CCN(C(=O)OC(C)(C)C)CC2)cc1N(C=O)C1COC1. The van der Waals surface area contributed by atoms with E-state index in [-0.39, 0.29) is 18.0 Å². The van der Waals surface area contributed by atoms with Gasteiger partial charge in [0.2, 0.25) is 6.41 Å². The van der Waals surface area contributed by atoms with Crippen LogP contribution in [-0.2, 0) is 14.3 Å². The van der Waals surface area contributed by atoms with Crippen molar-refractivity contribution in [1.82, 2.24) is 4.90 Å². The van der Waals surface area contributed by atoms with Crippen LogP contribution in [0.4, 0.5) is 26.2 Å². The van der Waals surface area contributed by atoms with Gasteiger partial charge in [-0.25, -0.2) is 9.18 Å². The zero-order valence-corrected chi connectivity index (χ0v) is 17.4. The quantitative estimate of drug-likeness (QED) is 0.754. The first-order valence-corrected chi connectivity index (χ1v) is 9.79. The van der Waals surface area contributed by atoms with E-state index in [0.29, 0.717) is 56.5 Å². The molecular weight excluding hydrogens is 379 g/mol. The molecule has 0 bridgehead atoms. The van der Waals surface area contributed by atoms with Gasteiger partial charge in [-0.05, 0) is 26.8 Å². The molecule has 2 aliphatic rings. The third-order valence-electron chi connectivity index (χ3n) is 5.01. The number of nitrogens with zero attached hydrogens (tertiary/aromatic N) is 3. The summed E-state index contributed by atoms with van der Waals surface area (Å²) in [5.74, 6) is -0.375. The van der Waals surface area contributed by atoms with Crippen molar-refractivity contribution in [2.24, 2.45) is 0 Å². The number of nitrogens with one attached hydrogen (secondary N) is 1. The Balaban J connectivity index is 1.76. The number of rotatable bonds is 5. The fourth-order valence-electron chi connectivity index (χ4n) is 3.39. The van der Waals surface area contributed by atoms with Gasteiger partial charge in [0.15, 0.2) is 0 Å². The smallest absolute Gasteiger partial charge is 0.410 e. The van der Waals surface area contributed by atoms with Gasteiger partial charge in [-0.1, -0.05) is 0 Å². The van der Waals surface area contributed by atoms with Crippen LogP contribution in [0.5, 0.6) is 0 Å². The molecule has 1 aromatic rings. The second-order valence-electron chi connectivity index (χ2n) is 8.23. The van der Waals surface area contributed by atoms with E-state index in [9.17, 15) is 14.0 Å². The van der Waals surface area contributed by atoms with Crippen molar-refractivity contribution in [3.8, 4) is 0 Å². The Morgan fingerprint density at radius 3 is 2.41 bits per heavy atom. The molecule has 2 heterocycles. The average Bonchev–Trinajstić information content (AvgIpc) is 2.63. The number of ether oxygens (including phenoxy) is 2. The largest absolute Gasteiger partial charge is 0.444 e. The van der Waals surface area contributed by atoms with Crippen molar-refractivity contribution < 1.29 is 23.5 Å². The number of hydrogen-bond acceptors (Lipinski definition) is 6. The van der Waals surface area contributed by atoms with Crippen LogP contribution in [0, 0.1) is 5.82 Å². The van der Waals surface area contributed by atoms with E-state index >= 15 is 0 Å². The van der Waals surface area contributed by atoms with E-state index in [2.05, 4.69) is 5.32 Å². The van der Waals surface area contributed by atoms with Gasteiger partial charge in [0.1, 0.15) is 11.4 Å². The highest BCUT2D eigenvalue weighted by Gasteiger charge is 2.30. The molecule has 2 fully saturated rings. The Morgan fingerprint density at radius 1 is 1.28 bits per heavy atom. The molecule has 2 aliphatic heterocycles. The standard InChI is InChI=1S/C20H29FN4O4/c1-20(2,3)29-19(27)24-7-5-23(6-8-24)17-10-18(16(22-4)9-15(17)21)25(13-26)14-11-28-12-14/h9-10,13-14,22H,5-8,11-12H2,1-4H3. The van der Waals surface area contributed by atoms with Crippen molar-refractivity contribution >= 4 is 29.6 Å². The predicted octanol–water partition coefficient (Wildman–Crippen LogP) is 2.29. The summed E-state index contributed by atoms with van der Waals surface area (Å²) in [6.45, 7) is 8.22. The van der Waals surface area contributed by atoms with Crippen molar-refractivity contribution in [2.45, 2.75) is 32.4 Å². The monoisotopic (exact) mass is 408 g/mol. The lowest BCUT2D eigenvalue weighted by atomic mass is 10.1. The summed E-state index contributed by atoms with van der Waals surface area (Å²) in [5, 5.41) is 2.96. The van der Waals surface area contributed by atoms with E-state index in [1.54, 1.807) is 22.9 Å². The maximum absolute atomic E-state index is 14.8. The van der Waals surface area contributed by atoms with E-state index in [4.69, 9.17) is 9.47 Å². The molecule has 0 aromatic heterocycles. The minimum atomic E-state index is -0.554. The zero-order chi connectivity index (χ0) is 21.2. The summed E-state index contributed by atoms with van der Waals surface area (Å²) in [5.41, 5.74) is 1.01. The third-order valence-corrected chi connectivity index (χ3v) is 5.01. The molecule has 2 saturated heterocycles. The van der Waals surface area contributed by atoms with Crippen LogP contribution in [0.3, 0.4) is 0 Å². The van der Waals surface area contributed by atoms with Crippen molar-refractivity contribution in [2.75, 3.05) is 61.6 Å². The Kier molecular flexibility index (Phi) is 6.16. The molecule has 1 N–H and O–H groups in total. The number of halogens is 1. The number of carbonyl (C=O) groups excluding carboxylic acids is 2. The second kappa shape index (κ2) is 8.44. The molecular formula is C20H29FN4O4. The van der Waals surface area contributed by atoms with Gasteiger partial charge in [0.05, 0.1) is 36.3 Å². The molecule has 0 atom stereocenters. The van der Waals surface area contributed by atoms with Gasteiger partial charge in [0.25, 0.3) is 0 Å². The molecule has 0 radical (unpaired) electrons. The Morgan fingerprint density at radius 2 is 1.93 bits per heavy atom. The molecule has 0 saturated carbocycles. The number of benzene rings is 1. The minimum Gasteiger partial charge on any atom is -0.444 e. The molecule has 9 heteroatoms. The number of piperazine rings is 1. The van der Waals surface area contributed by atoms with Gasteiger partial charge in [0, 0.05) is 39.3 Å². The van der Waals surface area contributed by atoms with E-state index < -0.39 is 5.60 Å². The molecule has 0 unspecified atom stereocenters. The van der Waals surface area contributed by atoms with Crippen LogP contribution >= 0.6 is 0 Å². The number of amides is 2. The second-order valence-corrected chi connectivity index (χ2v) is 8.23. The maximum Gasteiger partial charge on any atom is 0.410 e. The van der Waals surface area contributed by atoms with Crippen LogP contribution in [0.1, 0.15) is 20.8 Å². The highest BCUT2D eigenvalue weighted by Crippen LogP contribution is 2.35. The van der Waals surface area contributed by atoms with Crippen LogP contribution in [0.15, 0.2) is 12.1 Å². The highest BCUT2D eigenvalue weighted by molar-refractivity contribution is 5.87. The summed E-state index contributed by atoms with van der Waals surface area (Å²) in [4.78, 5) is 29.0. The van der Waals surface area contributed by atoms with E-state index in [1.807, 2.05) is 25.7 Å². The van der Waals surface area contributed by atoms with Crippen molar-refractivity contribution in [3.05, 3.63) is 17.9 Å². The number of hydrogen-bond donors (Lipinski definition) is 1. The van der Waals surface area contributed by atoms with Crippen LogP contribution in [0.2, 0.25) is 0 Å². The minimum absolute atomic E-state index is 0.0538. The lowest BCUT2D eigenvalue weighted by molar-refractivity contribution is -0.110. The maximum atomic E-state index is 14.8. The summed E-state index contributed by atoms with van der Waals surface area (Å²) in [6.07, 6.45) is 0.395. The predicted molar refractivity (Wildman–Crippen MR) is 109 cm³/mol. The first-order valence-electron chi connectivity index (χ1n) is 9.79. The number of anilines is 3. The zero-order valence-electron chi connectivity index (χ0n) is 17.4. The normalized spacial score (nSPS) is 17.6. The fraction of sp³-hybridized carbons (Fsp3) is 0.600. The molecule has 160 valence electrons. The third kappa shape index (κ3) is 4.72. The van der Waals surface area contributed by atoms with Crippen LogP contribution in [0.25, 0.3) is 0 Å². The Labute approximate surface area is 170 Å². The highest BCUT2D eigenvalue weighted by atomic mass is 19.1. The van der Waals surface area contributed by atoms with Gasteiger partial charge < -0.3 is 29.5 Å². The van der Waals surface area contributed by atoms with Crippen LogP contribution in [-0.4, -0.2) is 75.5 Å². The van der Waals surface area contributed by atoms with Gasteiger partial charge >= 0.3 is 6.09 Å². The van der Waals surface area contributed by atoms with Gasteiger partial charge in [-0.15, -0.1) is 0 Å². The van der Waals surface area contributed by atoms with Gasteiger partial charge in [-0.3, -0.25) is 4.79 Å². The average molecular weight is 408 g/mol. The van der Waals surface area contributed by atoms with E-state index in [1.165, 1.54) is 6.07 Å². The fourth-order valence-corrected chi connectivity index (χ4v) is 3.39. The number of carbonyl (C=O) groups is 2. The Hall–Kier alpha value is -2.55. The first kappa shape index (κ1) is 21.2. The summed E-state index contributed by atoms with van der Waals surface area (Å²) < 4.78 is 25.4. The van der Waals surface area contributed by atoms with Crippen molar-refractivity contribution in [1.29, 1.82) is 0 Å². The molecule has 29 heavy (non-hydrogen) atoms. The molecule has 8 nitrogen and oxygen atoms in total. The molecule has 2 amide bonds. The topological polar surface area (TPSA) is 74.4 Å². The lowest BCUT2D eigenvalue weighted by Gasteiger charge is -2.38. The van der Waals surface area contributed by atoms with Crippen LogP contribution < -0.4 is 15.1 Å². The van der Waals surface area contributed by atoms with Crippen molar-refractivity contribution in [3.63, 3.8) is 0 Å². The summed E-state index contributed by atoms with van der Waals surface area (Å²) in [6, 6.07) is 3.04. The van der Waals surface area contributed by atoms with Gasteiger partial charge in [-0.2, -0.15) is 0 Å². The molecule has 0 aliphatic carbocycles. The Bertz CT molecular complexity index is 756. The molecule has 3 rings (SSSR count). The lowest BCUT2D eigenvalue weighted by Crippen LogP contribution is -2.50. The van der Waals surface area contributed by atoms with E-state index in [0.717, 1.165) is 6.41 Å². The summed E-state index contributed by atoms with van der Waals surface area (Å²) >= 11 is 0.